The van der Waals surface area contributed by atoms with Crippen molar-refractivity contribution >= 4 is 35.8 Å². The lowest BCUT2D eigenvalue weighted by molar-refractivity contribution is -0.166. The number of hydroxylamine groups is 6. The van der Waals surface area contributed by atoms with Crippen LogP contribution in [0, 0.1) is 0 Å². The van der Waals surface area contributed by atoms with E-state index < -0.39 is 17.7 Å². The van der Waals surface area contributed by atoms with Gasteiger partial charge in [-0.2, -0.15) is 0 Å². The standard InChI is InChI=1S/C25H46N6O9/c1-21(32)29(38)18-8-2-5-15-26-22(33)11-13-24(35)30(39)19-9-3-6-16-27-23(34)12-14-25(36)31(40)20-10-4-7-17-28-37/h17,37-40H,2-16,18-20H2,1H3,(H,26,33)(H,27,34)/b28-17+. The molecule has 0 bridgehead atoms. The van der Waals surface area contributed by atoms with E-state index in [9.17, 15) is 39.6 Å². The molecule has 0 aliphatic rings. The lowest BCUT2D eigenvalue weighted by Crippen LogP contribution is -2.31. The van der Waals surface area contributed by atoms with Crippen molar-refractivity contribution in [1.29, 1.82) is 0 Å². The molecule has 0 fully saturated rings. The second-order valence-corrected chi connectivity index (χ2v) is 9.29. The van der Waals surface area contributed by atoms with Crippen molar-refractivity contribution in [2.75, 3.05) is 32.7 Å². The van der Waals surface area contributed by atoms with E-state index in [2.05, 4.69) is 15.8 Å². The summed E-state index contributed by atoms with van der Waals surface area (Å²) in [6.07, 6.45) is 6.43. The van der Waals surface area contributed by atoms with E-state index in [1.54, 1.807) is 0 Å². The topological polar surface area (TPSA) is 212 Å². The number of rotatable bonds is 23. The van der Waals surface area contributed by atoms with E-state index in [-0.39, 0.29) is 57.1 Å². The van der Waals surface area contributed by atoms with Crippen LogP contribution in [0.2, 0.25) is 0 Å². The van der Waals surface area contributed by atoms with Gasteiger partial charge in [0.05, 0.1) is 0 Å². The summed E-state index contributed by atoms with van der Waals surface area (Å²) in [5.74, 6) is -2.15. The molecule has 6 N–H and O–H groups in total. The Morgan fingerprint density at radius 1 is 0.625 bits per heavy atom. The zero-order valence-electron chi connectivity index (χ0n) is 23.4. The summed E-state index contributed by atoms with van der Waals surface area (Å²) in [5, 5.41) is 47.1. The Kier molecular flexibility index (Phi) is 21.6. The van der Waals surface area contributed by atoms with Gasteiger partial charge in [0.15, 0.2) is 0 Å². The molecular formula is C25H46N6O9. The molecule has 40 heavy (non-hydrogen) atoms. The third-order valence-corrected chi connectivity index (χ3v) is 5.84. The van der Waals surface area contributed by atoms with Crippen molar-refractivity contribution in [3.05, 3.63) is 0 Å². The molecule has 0 atom stereocenters. The Morgan fingerprint density at radius 2 is 1.05 bits per heavy atom. The van der Waals surface area contributed by atoms with Crippen LogP contribution in [0.1, 0.15) is 90.4 Å². The quantitative estimate of drug-likeness (QED) is 0.0342. The molecule has 0 aromatic heterocycles. The lowest BCUT2D eigenvalue weighted by Gasteiger charge is -2.15. The first-order valence-electron chi connectivity index (χ1n) is 13.7. The van der Waals surface area contributed by atoms with Crippen molar-refractivity contribution in [1.82, 2.24) is 25.8 Å². The van der Waals surface area contributed by atoms with Gasteiger partial charge in [0.25, 0.3) is 0 Å². The van der Waals surface area contributed by atoms with Crippen LogP contribution in [-0.2, 0) is 24.0 Å². The van der Waals surface area contributed by atoms with Crippen LogP contribution in [0.25, 0.3) is 0 Å². The Morgan fingerprint density at radius 3 is 1.48 bits per heavy atom. The van der Waals surface area contributed by atoms with Gasteiger partial charge in [0, 0.05) is 71.5 Å². The van der Waals surface area contributed by atoms with Crippen molar-refractivity contribution in [2.45, 2.75) is 90.4 Å². The molecule has 230 valence electrons. The summed E-state index contributed by atoms with van der Waals surface area (Å²) in [6, 6.07) is 0. The normalized spacial score (nSPS) is 10.8. The zero-order valence-corrected chi connectivity index (χ0v) is 23.4. The number of amides is 5. The van der Waals surface area contributed by atoms with E-state index >= 15 is 0 Å². The number of hydrogen-bond acceptors (Lipinski definition) is 10. The third kappa shape index (κ3) is 20.6. The molecule has 0 aliphatic carbocycles. The molecule has 15 heteroatoms. The van der Waals surface area contributed by atoms with Crippen LogP contribution in [0.3, 0.4) is 0 Å². The minimum atomic E-state index is -0.558. The highest BCUT2D eigenvalue weighted by molar-refractivity contribution is 5.83. The Balaban J connectivity index is 3.76. The molecule has 0 aromatic carbocycles. The van der Waals surface area contributed by atoms with Crippen LogP contribution in [0.15, 0.2) is 5.16 Å². The Hall–Kier alpha value is -3.30. The molecule has 0 spiro atoms. The Bertz CT molecular complexity index is 797. The first kappa shape index (κ1) is 36.7. The van der Waals surface area contributed by atoms with Gasteiger partial charge in [0.2, 0.25) is 29.5 Å². The van der Waals surface area contributed by atoms with Gasteiger partial charge in [-0.3, -0.25) is 39.6 Å². The maximum absolute atomic E-state index is 12.0. The molecule has 0 aliphatic heterocycles. The van der Waals surface area contributed by atoms with Gasteiger partial charge < -0.3 is 15.8 Å². The fourth-order valence-corrected chi connectivity index (χ4v) is 3.42. The van der Waals surface area contributed by atoms with Crippen LogP contribution in [-0.4, -0.2) is 104 Å². The number of nitrogens with zero attached hydrogens (tertiary/aromatic N) is 4. The summed E-state index contributed by atoms with van der Waals surface area (Å²) in [4.78, 5) is 58.4. The SMILES string of the molecule is CC(=O)N(O)CCCCCNC(=O)CCC(=O)N(O)CCCCCNC(=O)CCC(=O)N(O)CCCC/C=N/O. The second-order valence-electron chi connectivity index (χ2n) is 9.29. The van der Waals surface area contributed by atoms with E-state index in [4.69, 9.17) is 5.21 Å². The molecule has 5 amide bonds. The van der Waals surface area contributed by atoms with E-state index in [1.807, 2.05) is 0 Å². The van der Waals surface area contributed by atoms with Gasteiger partial charge in [-0.05, 0) is 57.8 Å². The maximum Gasteiger partial charge on any atom is 0.246 e. The molecule has 0 heterocycles. The van der Waals surface area contributed by atoms with Gasteiger partial charge in [-0.15, -0.1) is 5.16 Å². The van der Waals surface area contributed by atoms with E-state index in [1.165, 1.54) is 13.1 Å². The molecule has 0 aromatic rings. The summed E-state index contributed by atoms with van der Waals surface area (Å²) in [6.45, 7) is 2.52. The molecule has 0 saturated heterocycles. The molecule has 0 rings (SSSR count). The summed E-state index contributed by atoms with van der Waals surface area (Å²) >= 11 is 0. The van der Waals surface area contributed by atoms with Crippen molar-refractivity contribution in [3.63, 3.8) is 0 Å². The van der Waals surface area contributed by atoms with Crippen molar-refractivity contribution < 1.29 is 44.8 Å². The predicted octanol–water partition coefficient (Wildman–Crippen LogP) is 1.42. The highest BCUT2D eigenvalue weighted by Gasteiger charge is 2.14. The highest BCUT2D eigenvalue weighted by Crippen LogP contribution is 2.03. The van der Waals surface area contributed by atoms with Gasteiger partial charge in [-0.25, -0.2) is 15.2 Å². The lowest BCUT2D eigenvalue weighted by atomic mass is 10.2. The number of hydrogen-bond donors (Lipinski definition) is 6. The first-order chi connectivity index (χ1) is 19.1. The first-order valence-corrected chi connectivity index (χ1v) is 13.7. The van der Waals surface area contributed by atoms with Gasteiger partial charge in [-0.1, -0.05) is 0 Å². The third-order valence-electron chi connectivity index (χ3n) is 5.84. The molecule has 0 unspecified atom stereocenters. The Labute approximate surface area is 235 Å². The molecular weight excluding hydrogens is 528 g/mol. The smallest absolute Gasteiger partial charge is 0.246 e. The number of carbonyl (C=O) groups excluding carboxylic acids is 5. The van der Waals surface area contributed by atoms with Crippen LogP contribution >= 0.6 is 0 Å². The monoisotopic (exact) mass is 574 g/mol. The molecule has 15 nitrogen and oxygen atoms in total. The fourth-order valence-electron chi connectivity index (χ4n) is 3.42. The number of oxime groups is 1. The highest BCUT2D eigenvalue weighted by atomic mass is 16.5. The molecule has 0 saturated carbocycles. The van der Waals surface area contributed by atoms with E-state index in [0.717, 1.165) is 0 Å². The zero-order chi connectivity index (χ0) is 30.2. The minimum Gasteiger partial charge on any atom is -0.411 e. The average Bonchev–Trinajstić information content (AvgIpc) is 2.93. The van der Waals surface area contributed by atoms with Crippen LogP contribution in [0.4, 0.5) is 0 Å². The largest absolute Gasteiger partial charge is 0.411 e. The number of unbranched alkanes of at least 4 members (excludes halogenated alkanes) is 6. The maximum atomic E-state index is 12.0. The second kappa shape index (κ2) is 23.6. The van der Waals surface area contributed by atoms with Crippen LogP contribution < -0.4 is 10.6 Å². The number of carbonyl (C=O) groups is 5. The fraction of sp³-hybridized carbons (Fsp3) is 0.760. The van der Waals surface area contributed by atoms with E-state index in [0.29, 0.717) is 86.1 Å². The van der Waals surface area contributed by atoms with Crippen LogP contribution in [0.5, 0.6) is 0 Å². The minimum absolute atomic E-state index is 0.0484. The van der Waals surface area contributed by atoms with Crippen molar-refractivity contribution in [3.8, 4) is 0 Å². The number of nitrogens with one attached hydrogen (secondary N) is 2. The summed E-state index contributed by atoms with van der Waals surface area (Å²) in [7, 11) is 0. The summed E-state index contributed by atoms with van der Waals surface area (Å²) in [5.41, 5.74) is 0. The van der Waals surface area contributed by atoms with Gasteiger partial charge >= 0.3 is 0 Å². The predicted molar refractivity (Wildman–Crippen MR) is 142 cm³/mol. The van der Waals surface area contributed by atoms with Gasteiger partial charge in [0.1, 0.15) is 0 Å². The summed E-state index contributed by atoms with van der Waals surface area (Å²) < 4.78 is 0. The molecule has 0 radical (unpaired) electrons. The van der Waals surface area contributed by atoms with Crippen molar-refractivity contribution in [2.24, 2.45) is 5.16 Å². The average molecular weight is 575 g/mol.